The Labute approximate surface area is 190 Å². The number of pyridine rings is 1. The molecular weight excluding hydrogens is 436 g/mol. The van der Waals surface area contributed by atoms with Gasteiger partial charge in [0.25, 0.3) is 5.91 Å². The molecule has 0 aliphatic rings. The minimum atomic E-state index is -0.661. The smallest absolute Gasteiger partial charge is 0.342 e. The van der Waals surface area contributed by atoms with Gasteiger partial charge in [-0.1, -0.05) is 31.5 Å². The van der Waals surface area contributed by atoms with Crippen molar-refractivity contribution in [1.82, 2.24) is 14.8 Å². The van der Waals surface area contributed by atoms with Gasteiger partial charge in [-0.25, -0.2) is 14.5 Å². The number of amides is 1. The summed E-state index contributed by atoms with van der Waals surface area (Å²) in [6.45, 7) is 3.36. The molecule has 3 rings (SSSR count). The largest absolute Gasteiger partial charge is 0.495 e. The van der Waals surface area contributed by atoms with Gasteiger partial charge in [0.15, 0.2) is 12.4 Å². The van der Waals surface area contributed by atoms with E-state index in [4.69, 9.17) is 25.8 Å². The molecule has 0 atom stereocenters. The third-order valence-corrected chi connectivity index (χ3v) is 4.82. The van der Waals surface area contributed by atoms with E-state index in [2.05, 4.69) is 15.4 Å². The average Bonchev–Trinajstić information content (AvgIpc) is 3.24. The fourth-order valence-electron chi connectivity index (χ4n) is 3.09. The number of esters is 1. The first kappa shape index (κ1) is 23.1. The van der Waals surface area contributed by atoms with Crippen molar-refractivity contribution < 1.29 is 23.8 Å². The lowest BCUT2D eigenvalue weighted by Gasteiger charge is -2.14. The monoisotopic (exact) mass is 458 g/mol. The molecule has 3 aromatic rings. The maximum Gasteiger partial charge on any atom is 0.342 e. The molecule has 0 aliphatic carbocycles. The third kappa shape index (κ3) is 5.00. The van der Waals surface area contributed by atoms with Crippen LogP contribution in [0.25, 0.3) is 5.82 Å². The lowest BCUT2D eigenvalue weighted by Crippen LogP contribution is -2.22. The Morgan fingerprint density at radius 3 is 2.53 bits per heavy atom. The average molecular weight is 459 g/mol. The predicted molar refractivity (Wildman–Crippen MR) is 119 cm³/mol. The Morgan fingerprint density at radius 1 is 1.16 bits per heavy atom. The Hall–Kier alpha value is -3.59. The van der Waals surface area contributed by atoms with E-state index >= 15 is 0 Å². The molecular formula is C22H23ClN4O5. The zero-order valence-electron chi connectivity index (χ0n) is 18.1. The molecule has 0 saturated heterocycles. The van der Waals surface area contributed by atoms with Gasteiger partial charge in [0.2, 0.25) is 0 Å². The molecule has 0 radical (unpaired) electrons. The first-order valence-electron chi connectivity index (χ1n) is 9.73. The molecule has 10 heteroatoms. The molecule has 168 valence electrons. The summed E-state index contributed by atoms with van der Waals surface area (Å²) in [5.41, 5.74) is 1.23. The summed E-state index contributed by atoms with van der Waals surface area (Å²) in [4.78, 5) is 29.3. The van der Waals surface area contributed by atoms with Gasteiger partial charge in [-0.15, -0.1) is 0 Å². The van der Waals surface area contributed by atoms with Gasteiger partial charge in [-0.2, -0.15) is 5.10 Å². The summed E-state index contributed by atoms with van der Waals surface area (Å²) in [5.74, 6) is 0.0775. The van der Waals surface area contributed by atoms with Gasteiger partial charge in [0.1, 0.15) is 17.1 Å². The summed E-state index contributed by atoms with van der Waals surface area (Å²) >= 11 is 6.12. The lowest BCUT2D eigenvalue weighted by atomic mass is 10.1. The Morgan fingerprint density at radius 2 is 1.91 bits per heavy atom. The highest BCUT2D eigenvalue weighted by molar-refractivity contribution is 6.32. The first-order valence-corrected chi connectivity index (χ1v) is 10.1. The minimum Gasteiger partial charge on any atom is -0.495 e. The SMILES string of the molecule is COc1cc(OC)c(NC(=O)COC(=O)c2cnn(-c3ccccn3)c2C(C)C)cc1Cl. The summed E-state index contributed by atoms with van der Waals surface area (Å²) in [6.07, 6.45) is 3.06. The molecule has 9 nitrogen and oxygen atoms in total. The maximum atomic E-state index is 12.7. The van der Waals surface area contributed by atoms with Gasteiger partial charge in [-0.3, -0.25) is 4.79 Å². The molecule has 1 N–H and O–H groups in total. The number of nitrogens with one attached hydrogen (secondary N) is 1. The van der Waals surface area contributed by atoms with E-state index < -0.39 is 18.5 Å². The number of hydrogen-bond acceptors (Lipinski definition) is 7. The van der Waals surface area contributed by atoms with E-state index in [1.165, 1.54) is 26.5 Å². The van der Waals surface area contributed by atoms with Crippen molar-refractivity contribution in [2.75, 3.05) is 26.1 Å². The van der Waals surface area contributed by atoms with E-state index in [-0.39, 0.29) is 11.5 Å². The van der Waals surface area contributed by atoms with Gasteiger partial charge >= 0.3 is 5.97 Å². The van der Waals surface area contributed by atoms with Crippen LogP contribution in [0, 0.1) is 0 Å². The summed E-state index contributed by atoms with van der Waals surface area (Å²) in [6, 6.07) is 8.45. The molecule has 0 saturated carbocycles. The fourth-order valence-corrected chi connectivity index (χ4v) is 3.33. The van der Waals surface area contributed by atoms with Gasteiger partial charge in [0, 0.05) is 12.3 Å². The number of rotatable bonds is 8. The second kappa shape index (κ2) is 10.1. The second-order valence-electron chi connectivity index (χ2n) is 7.01. The van der Waals surface area contributed by atoms with Gasteiger partial charge < -0.3 is 19.5 Å². The highest BCUT2D eigenvalue weighted by Gasteiger charge is 2.23. The van der Waals surface area contributed by atoms with E-state index in [1.54, 1.807) is 29.1 Å². The molecule has 2 aromatic heterocycles. The normalized spacial score (nSPS) is 10.7. The van der Waals surface area contributed by atoms with Crippen molar-refractivity contribution in [1.29, 1.82) is 0 Å². The van der Waals surface area contributed by atoms with Crippen LogP contribution in [0.1, 0.15) is 35.8 Å². The number of aromatic nitrogens is 3. The van der Waals surface area contributed by atoms with E-state index in [9.17, 15) is 9.59 Å². The van der Waals surface area contributed by atoms with E-state index in [0.717, 1.165) is 0 Å². The van der Waals surface area contributed by atoms with Crippen molar-refractivity contribution >= 4 is 29.2 Å². The topological polar surface area (TPSA) is 105 Å². The number of carbonyl (C=O) groups excluding carboxylic acids is 2. The van der Waals surface area contributed by atoms with Crippen LogP contribution in [0.3, 0.4) is 0 Å². The Bertz CT molecular complexity index is 1120. The highest BCUT2D eigenvalue weighted by atomic mass is 35.5. The van der Waals surface area contributed by atoms with Gasteiger partial charge in [0.05, 0.1) is 36.8 Å². The molecule has 0 fully saturated rings. The summed E-state index contributed by atoms with van der Waals surface area (Å²) < 4.78 is 17.2. The number of benzene rings is 1. The highest BCUT2D eigenvalue weighted by Crippen LogP contribution is 2.35. The molecule has 1 aromatic carbocycles. The fraction of sp³-hybridized carbons (Fsp3) is 0.273. The molecule has 0 unspecified atom stereocenters. The zero-order chi connectivity index (χ0) is 23.3. The van der Waals surface area contributed by atoms with Crippen LogP contribution >= 0.6 is 11.6 Å². The quantitative estimate of drug-likeness (QED) is 0.511. The second-order valence-corrected chi connectivity index (χ2v) is 7.42. The van der Waals surface area contributed by atoms with E-state index in [1.807, 2.05) is 19.9 Å². The molecule has 2 heterocycles. The number of anilines is 1. The summed E-state index contributed by atoms with van der Waals surface area (Å²) in [5, 5.41) is 7.19. The van der Waals surface area contributed by atoms with Crippen LogP contribution in [0.15, 0.2) is 42.7 Å². The van der Waals surface area contributed by atoms with Crippen LogP contribution in [0.2, 0.25) is 5.02 Å². The van der Waals surface area contributed by atoms with Crippen molar-refractivity contribution in [3.8, 4) is 17.3 Å². The lowest BCUT2D eigenvalue weighted by molar-refractivity contribution is -0.119. The van der Waals surface area contributed by atoms with Crippen LogP contribution in [0.4, 0.5) is 5.69 Å². The molecule has 0 aliphatic heterocycles. The van der Waals surface area contributed by atoms with Crippen molar-refractivity contribution in [3.63, 3.8) is 0 Å². The van der Waals surface area contributed by atoms with Crippen LogP contribution in [-0.2, 0) is 9.53 Å². The number of carbonyl (C=O) groups is 2. The predicted octanol–water partition coefficient (Wildman–Crippen LogP) is 3.86. The van der Waals surface area contributed by atoms with Crippen LogP contribution in [0.5, 0.6) is 11.5 Å². The Balaban J connectivity index is 1.72. The number of hydrogen-bond donors (Lipinski definition) is 1. The maximum absolute atomic E-state index is 12.7. The first-order chi connectivity index (χ1) is 15.3. The number of nitrogens with zero attached hydrogens (tertiary/aromatic N) is 3. The molecule has 0 bridgehead atoms. The van der Waals surface area contributed by atoms with Gasteiger partial charge in [-0.05, 0) is 24.1 Å². The molecule has 0 spiro atoms. The van der Waals surface area contributed by atoms with Crippen molar-refractivity contribution in [2.24, 2.45) is 0 Å². The number of halogens is 1. The number of ether oxygens (including phenoxy) is 3. The summed E-state index contributed by atoms with van der Waals surface area (Å²) in [7, 11) is 2.92. The zero-order valence-corrected chi connectivity index (χ0v) is 18.8. The van der Waals surface area contributed by atoms with Crippen LogP contribution < -0.4 is 14.8 Å². The number of methoxy groups -OCH3 is 2. The van der Waals surface area contributed by atoms with Crippen molar-refractivity contribution in [3.05, 3.63) is 59.0 Å². The standard InChI is InChI=1S/C22H23ClN4O5/c1-13(2)21-14(11-25-27(21)19-7-5-6-8-24-19)22(29)32-12-20(28)26-16-9-15(23)17(30-3)10-18(16)31-4/h5-11,13H,12H2,1-4H3,(H,26,28). The third-order valence-electron chi connectivity index (χ3n) is 4.52. The molecule has 32 heavy (non-hydrogen) atoms. The molecule has 1 amide bonds. The van der Waals surface area contributed by atoms with Crippen molar-refractivity contribution in [2.45, 2.75) is 19.8 Å². The Kier molecular flexibility index (Phi) is 7.32. The minimum absolute atomic E-state index is 0.0402. The van der Waals surface area contributed by atoms with Crippen LogP contribution in [-0.4, -0.2) is 47.5 Å². The van der Waals surface area contributed by atoms with E-state index in [0.29, 0.717) is 33.7 Å².